The Morgan fingerprint density at radius 1 is 1.04 bits per heavy atom. The summed E-state index contributed by atoms with van der Waals surface area (Å²) in [5.74, 6) is 0.0776. The van der Waals surface area contributed by atoms with E-state index in [4.69, 9.17) is 15.2 Å². The lowest BCUT2D eigenvalue weighted by molar-refractivity contribution is -0.119. The molecule has 2 aromatic rings. The molecule has 10 heteroatoms. The molecule has 2 aromatic carbocycles. The van der Waals surface area contributed by atoms with E-state index >= 15 is 4.39 Å². The Morgan fingerprint density at radius 2 is 1.64 bits per heavy atom. The van der Waals surface area contributed by atoms with Gasteiger partial charge in [-0.15, -0.1) is 0 Å². The van der Waals surface area contributed by atoms with E-state index in [0.29, 0.717) is 18.1 Å². The third-order valence-corrected chi connectivity index (χ3v) is 9.94. The molecule has 0 aliphatic carbocycles. The molecular weight excluding hydrogens is 632 g/mol. The molecule has 0 radical (unpaired) electrons. The highest BCUT2D eigenvalue weighted by Gasteiger charge is 2.33. The molecule has 7 nitrogen and oxygen atoms in total. The molecule has 0 saturated heterocycles. The molecule has 2 atom stereocenters. The molecule has 1 heterocycles. The normalized spacial score (nSPS) is 16.3. The number of carbonyl (C=O) groups excluding carboxylic acids is 1. The number of nitrogens with two attached hydrogens (primary N) is 1. The summed E-state index contributed by atoms with van der Waals surface area (Å²) in [7, 11) is 1.74. The van der Waals surface area contributed by atoms with Crippen LogP contribution in [0.15, 0.2) is 65.9 Å². The van der Waals surface area contributed by atoms with Gasteiger partial charge in [-0.05, 0) is 49.6 Å². The van der Waals surface area contributed by atoms with Crippen LogP contribution in [0.25, 0.3) is 0 Å². The number of halogens is 1. The average molecular weight is 686 g/mol. The molecule has 1 unspecified atom stereocenters. The molecule has 258 valence electrons. The van der Waals surface area contributed by atoms with E-state index in [2.05, 4.69) is 27.3 Å². The van der Waals surface area contributed by atoms with Crippen molar-refractivity contribution in [1.82, 2.24) is 5.32 Å². The quantitative estimate of drug-likeness (QED) is 0.0884. The number of nitrogens with one attached hydrogen (secondary N) is 1. The minimum atomic E-state index is -1.67. The Morgan fingerprint density at radius 3 is 2.23 bits per heavy atom. The number of ether oxygens (including phenoxy) is 2. The van der Waals surface area contributed by atoms with Crippen molar-refractivity contribution in [1.29, 1.82) is 0 Å². The standard InChI is InChI=1S/C37H53FN3O4PS/c1-26(2)40-20-14-12-10-8-7-9-11-13-15-21-44-29-18-16-28(17-19-29)24-41-33-22-30(36(46)45-27(3)37(4,5)6)31(38)23-34(33)47(43)25-32(39)35(41)42/h16-19,22-23,32,40,46H,1,3,7-15,20-21,24-25,39H2,2,4-6H3/t32-,47?/m0/s1. The highest BCUT2D eigenvalue weighted by molar-refractivity contribution is 7.85. The summed E-state index contributed by atoms with van der Waals surface area (Å²) in [5.41, 5.74) is 8.17. The Kier molecular flexibility index (Phi) is 15.1. The number of unbranched alkanes of at least 4 members (excludes halogenated alkanes) is 8. The maximum Gasteiger partial charge on any atom is 0.245 e. The van der Waals surface area contributed by atoms with Gasteiger partial charge in [-0.1, -0.05) is 99.9 Å². The van der Waals surface area contributed by atoms with Crippen molar-refractivity contribution in [2.75, 3.05) is 23.8 Å². The summed E-state index contributed by atoms with van der Waals surface area (Å²) in [6.07, 6.45) is 11.0. The predicted octanol–water partition coefficient (Wildman–Crippen LogP) is 8.02. The number of fused-ring (bicyclic) bond motifs is 1. The largest absolute Gasteiger partial charge is 0.494 e. The Hall–Kier alpha value is -3.00. The Balaban J connectivity index is 1.54. The average Bonchev–Trinajstić information content (AvgIpc) is 3.09. The van der Waals surface area contributed by atoms with Crippen LogP contribution >= 0.6 is 8.86 Å². The van der Waals surface area contributed by atoms with E-state index in [9.17, 15) is 9.00 Å². The summed E-state index contributed by atoms with van der Waals surface area (Å²) < 4.78 is 40.2. The second kappa shape index (κ2) is 18.5. The Labute approximate surface area is 285 Å². The lowest BCUT2D eigenvalue weighted by Gasteiger charge is -2.26. The van der Waals surface area contributed by atoms with Crippen LogP contribution in [0.1, 0.15) is 96.6 Å². The van der Waals surface area contributed by atoms with Gasteiger partial charge in [-0.2, -0.15) is 0 Å². The zero-order chi connectivity index (χ0) is 34.6. The van der Waals surface area contributed by atoms with Crippen molar-refractivity contribution >= 4 is 36.7 Å². The van der Waals surface area contributed by atoms with Gasteiger partial charge >= 0.3 is 0 Å². The molecule has 1 amide bonds. The molecule has 1 aliphatic heterocycles. The first-order chi connectivity index (χ1) is 22.3. The van der Waals surface area contributed by atoms with Crippen LogP contribution in [0.2, 0.25) is 0 Å². The number of benzene rings is 2. The fourth-order valence-electron chi connectivity index (χ4n) is 5.08. The van der Waals surface area contributed by atoms with Gasteiger partial charge in [0, 0.05) is 17.7 Å². The number of allylic oxidation sites excluding steroid dienone is 2. The summed E-state index contributed by atoms with van der Waals surface area (Å²) in [6.45, 7) is 17.4. The van der Waals surface area contributed by atoms with E-state index in [-0.39, 0.29) is 39.6 Å². The lowest BCUT2D eigenvalue weighted by Crippen LogP contribution is -2.44. The molecule has 0 fully saturated rings. The third-order valence-electron chi connectivity index (χ3n) is 8.09. The van der Waals surface area contributed by atoms with Crippen LogP contribution in [0.5, 0.6) is 5.75 Å². The van der Waals surface area contributed by atoms with Crippen molar-refractivity contribution < 1.29 is 22.9 Å². The van der Waals surface area contributed by atoms with Gasteiger partial charge in [0.2, 0.25) is 5.91 Å². The molecule has 0 bridgehead atoms. The number of anilines is 1. The predicted molar refractivity (Wildman–Crippen MR) is 195 cm³/mol. The first-order valence-corrected chi connectivity index (χ1v) is 18.5. The summed E-state index contributed by atoms with van der Waals surface area (Å²) >= 11 is 0. The van der Waals surface area contributed by atoms with Crippen LogP contribution in [-0.4, -0.2) is 40.5 Å². The van der Waals surface area contributed by atoms with Gasteiger partial charge in [0.25, 0.3) is 0 Å². The second-order valence-corrected chi connectivity index (χ2v) is 15.2. The third kappa shape index (κ3) is 12.2. The number of hydrogen-bond acceptors (Lipinski definition) is 6. The number of amides is 1. The van der Waals surface area contributed by atoms with Crippen LogP contribution in [0, 0.1) is 11.2 Å². The monoisotopic (exact) mass is 685 g/mol. The van der Waals surface area contributed by atoms with E-state index in [1.54, 1.807) is 0 Å². The van der Waals surface area contributed by atoms with Gasteiger partial charge in [-0.3, -0.25) is 9.00 Å². The second-order valence-electron chi connectivity index (χ2n) is 13.3. The molecule has 0 spiro atoms. The van der Waals surface area contributed by atoms with E-state index in [1.165, 1.54) is 62.0 Å². The van der Waals surface area contributed by atoms with Crippen molar-refractivity contribution in [3.8, 4) is 5.75 Å². The zero-order valence-corrected chi connectivity index (χ0v) is 30.4. The lowest BCUT2D eigenvalue weighted by atomic mass is 9.95. The number of carbonyl (C=O) groups is 1. The summed E-state index contributed by atoms with van der Waals surface area (Å²) in [5, 5.41) is 3.28. The first kappa shape index (κ1) is 38.4. The number of rotatable bonds is 19. The molecule has 0 aromatic heterocycles. The maximum absolute atomic E-state index is 15.3. The topological polar surface area (TPSA) is 93.9 Å². The van der Waals surface area contributed by atoms with Gasteiger partial charge in [-0.25, -0.2) is 4.39 Å². The zero-order valence-electron chi connectivity index (χ0n) is 28.6. The van der Waals surface area contributed by atoms with Gasteiger partial charge < -0.3 is 25.4 Å². The van der Waals surface area contributed by atoms with E-state index in [1.807, 2.05) is 52.0 Å². The van der Waals surface area contributed by atoms with Crippen LogP contribution in [0.3, 0.4) is 0 Å². The summed E-state index contributed by atoms with van der Waals surface area (Å²) in [6, 6.07) is 9.25. The van der Waals surface area contributed by atoms with Crippen LogP contribution < -0.4 is 20.7 Å². The highest BCUT2D eigenvalue weighted by Crippen LogP contribution is 2.34. The van der Waals surface area contributed by atoms with E-state index in [0.717, 1.165) is 36.4 Å². The molecule has 47 heavy (non-hydrogen) atoms. The van der Waals surface area contributed by atoms with Crippen LogP contribution in [-0.2, 0) is 26.9 Å². The van der Waals surface area contributed by atoms with Crippen molar-refractivity contribution in [3.05, 3.63) is 78.0 Å². The molecule has 3 rings (SSSR count). The maximum atomic E-state index is 15.3. The Bertz CT molecular complexity index is 1420. The summed E-state index contributed by atoms with van der Waals surface area (Å²) in [4.78, 5) is 15.1. The number of nitrogens with zero attached hydrogens (tertiary/aromatic N) is 1. The first-order valence-electron chi connectivity index (χ1n) is 16.6. The fourth-order valence-corrected chi connectivity index (χ4v) is 6.68. The van der Waals surface area contributed by atoms with Crippen molar-refractivity contribution in [2.24, 2.45) is 11.1 Å². The van der Waals surface area contributed by atoms with Gasteiger partial charge in [0.05, 0.1) is 51.9 Å². The van der Waals surface area contributed by atoms with Crippen molar-refractivity contribution in [2.45, 2.75) is 103 Å². The minimum Gasteiger partial charge on any atom is -0.494 e. The van der Waals surface area contributed by atoms with Gasteiger partial charge in [0.1, 0.15) is 17.3 Å². The van der Waals surface area contributed by atoms with Crippen molar-refractivity contribution in [3.63, 3.8) is 0 Å². The molecule has 1 aliphatic rings. The fraction of sp³-hybridized carbons (Fsp3) is 0.514. The van der Waals surface area contributed by atoms with E-state index < -0.39 is 22.7 Å². The van der Waals surface area contributed by atoms with Gasteiger partial charge in [0.15, 0.2) is 5.48 Å². The smallest absolute Gasteiger partial charge is 0.245 e. The minimum absolute atomic E-state index is 0.0857. The molecular formula is C37H53FN3O4PS. The van der Waals surface area contributed by atoms with Crippen LogP contribution in [0.4, 0.5) is 10.1 Å². The number of hydrogen-bond donors (Lipinski definition) is 2. The molecule has 3 N–H and O–H groups in total. The molecule has 0 saturated carbocycles. The SMILES string of the molecule is C=C(C)NCCCCCCCCCCCOc1ccc(CN2C(=O)[C@@H](N)CS(=O)c3cc(F)c(C(=P)OC(=C)C(C)(C)C)cc32)cc1. The highest BCUT2D eigenvalue weighted by atomic mass is 32.2.